The van der Waals surface area contributed by atoms with Crippen LogP contribution in [0.15, 0.2) is 67.3 Å². The Morgan fingerprint density at radius 2 is 2.00 bits per heavy atom. The summed E-state index contributed by atoms with van der Waals surface area (Å²) in [5.74, 6) is 0.118. The minimum atomic E-state index is -0.785. The maximum absolute atomic E-state index is 10.6. The molecule has 0 bridgehead atoms. The Balaban J connectivity index is 2.16. The van der Waals surface area contributed by atoms with Crippen molar-refractivity contribution in [2.75, 3.05) is 0 Å². The third kappa shape index (κ3) is 2.75. The largest absolute Gasteiger partial charge is 0.385 e. The standard InChI is InChI=1S/C16H18O/c1-2-11-16(17)12-7-6-10-15(16)13-14-8-4-3-5-9-14/h2-10,12,15,17H,1,11,13H2. The molecule has 0 saturated heterocycles. The number of hydrogen-bond acceptors (Lipinski definition) is 1. The van der Waals surface area contributed by atoms with Gasteiger partial charge in [0, 0.05) is 5.92 Å². The lowest BCUT2D eigenvalue weighted by atomic mass is 9.78. The first-order chi connectivity index (χ1) is 8.24. The van der Waals surface area contributed by atoms with Crippen molar-refractivity contribution in [1.82, 2.24) is 0 Å². The van der Waals surface area contributed by atoms with Crippen LogP contribution >= 0.6 is 0 Å². The van der Waals surface area contributed by atoms with Crippen LogP contribution < -0.4 is 0 Å². The van der Waals surface area contributed by atoms with Crippen molar-refractivity contribution in [3.63, 3.8) is 0 Å². The molecule has 0 radical (unpaired) electrons. The maximum Gasteiger partial charge on any atom is 0.0930 e. The highest BCUT2D eigenvalue weighted by Crippen LogP contribution is 2.31. The number of hydrogen-bond donors (Lipinski definition) is 1. The molecule has 0 heterocycles. The second kappa shape index (κ2) is 5.15. The first-order valence-electron chi connectivity index (χ1n) is 5.98. The molecule has 1 aromatic carbocycles. The molecule has 88 valence electrons. The molecule has 0 fully saturated rings. The summed E-state index contributed by atoms with van der Waals surface area (Å²) in [5.41, 5.74) is 0.465. The molecule has 1 aromatic rings. The van der Waals surface area contributed by atoms with Gasteiger partial charge in [-0.1, -0.05) is 60.7 Å². The van der Waals surface area contributed by atoms with E-state index in [0.29, 0.717) is 6.42 Å². The zero-order chi connectivity index (χ0) is 12.1. The minimum absolute atomic E-state index is 0.118. The van der Waals surface area contributed by atoms with Crippen molar-refractivity contribution < 1.29 is 5.11 Å². The summed E-state index contributed by atoms with van der Waals surface area (Å²) in [6.07, 6.45) is 11.1. The van der Waals surface area contributed by atoms with Gasteiger partial charge in [-0.15, -0.1) is 6.58 Å². The molecule has 17 heavy (non-hydrogen) atoms. The average Bonchev–Trinajstić information content (AvgIpc) is 2.34. The highest BCUT2D eigenvalue weighted by atomic mass is 16.3. The van der Waals surface area contributed by atoms with Gasteiger partial charge in [0.05, 0.1) is 5.60 Å². The Morgan fingerprint density at radius 1 is 1.24 bits per heavy atom. The van der Waals surface area contributed by atoms with Gasteiger partial charge < -0.3 is 5.11 Å². The van der Waals surface area contributed by atoms with E-state index in [0.717, 1.165) is 6.42 Å². The van der Waals surface area contributed by atoms with Crippen LogP contribution in [0.25, 0.3) is 0 Å². The van der Waals surface area contributed by atoms with E-state index < -0.39 is 5.60 Å². The predicted octanol–water partition coefficient (Wildman–Crippen LogP) is 3.28. The molecule has 0 amide bonds. The molecule has 1 aliphatic rings. The Morgan fingerprint density at radius 3 is 2.71 bits per heavy atom. The SMILES string of the molecule is C=CCC1(O)C=CC=CC1Cc1ccccc1. The van der Waals surface area contributed by atoms with Crippen LogP contribution in [0, 0.1) is 5.92 Å². The van der Waals surface area contributed by atoms with Gasteiger partial charge in [-0.05, 0) is 18.4 Å². The van der Waals surface area contributed by atoms with Crippen LogP contribution in [0.2, 0.25) is 0 Å². The Bertz CT molecular complexity index is 430. The summed E-state index contributed by atoms with van der Waals surface area (Å²) in [5, 5.41) is 10.6. The number of aliphatic hydroxyl groups is 1. The maximum atomic E-state index is 10.6. The average molecular weight is 226 g/mol. The van der Waals surface area contributed by atoms with E-state index in [-0.39, 0.29) is 5.92 Å². The molecule has 0 aliphatic heterocycles. The smallest absolute Gasteiger partial charge is 0.0930 e. The van der Waals surface area contributed by atoms with Crippen molar-refractivity contribution >= 4 is 0 Å². The fourth-order valence-electron chi connectivity index (χ4n) is 2.27. The summed E-state index contributed by atoms with van der Waals surface area (Å²) in [6.45, 7) is 3.72. The first kappa shape index (κ1) is 11.9. The lowest BCUT2D eigenvalue weighted by Gasteiger charge is -2.33. The quantitative estimate of drug-likeness (QED) is 0.781. The number of benzene rings is 1. The Labute approximate surface area is 103 Å². The second-order valence-corrected chi connectivity index (χ2v) is 4.52. The highest BCUT2D eigenvalue weighted by molar-refractivity contribution is 5.26. The summed E-state index contributed by atoms with van der Waals surface area (Å²) < 4.78 is 0. The molecule has 0 spiro atoms. The van der Waals surface area contributed by atoms with Gasteiger partial charge in [-0.3, -0.25) is 0 Å². The zero-order valence-electron chi connectivity index (χ0n) is 9.92. The van der Waals surface area contributed by atoms with Crippen LogP contribution in [0.3, 0.4) is 0 Å². The summed E-state index contributed by atoms with van der Waals surface area (Å²) in [4.78, 5) is 0. The molecule has 1 aliphatic carbocycles. The van der Waals surface area contributed by atoms with E-state index >= 15 is 0 Å². The van der Waals surface area contributed by atoms with E-state index in [1.54, 1.807) is 6.08 Å². The van der Waals surface area contributed by atoms with Crippen LogP contribution in [-0.4, -0.2) is 10.7 Å². The molecule has 1 N–H and O–H groups in total. The fraction of sp³-hybridized carbons (Fsp3) is 0.250. The topological polar surface area (TPSA) is 20.2 Å². The highest BCUT2D eigenvalue weighted by Gasteiger charge is 2.32. The van der Waals surface area contributed by atoms with Crippen molar-refractivity contribution in [3.05, 3.63) is 72.9 Å². The molecular weight excluding hydrogens is 208 g/mol. The van der Waals surface area contributed by atoms with Crippen molar-refractivity contribution in [1.29, 1.82) is 0 Å². The second-order valence-electron chi connectivity index (χ2n) is 4.52. The van der Waals surface area contributed by atoms with Gasteiger partial charge in [0.2, 0.25) is 0 Å². The molecule has 1 nitrogen and oxygen atoms in total. The molecule has 2 rings (SSSR count). The Kier molecular flexibility index (Phi) is 3.60. The predicted molar refractivity (Wildman–Crippen MR) is 71.7 cm³/mol. The van der Waals surface area contributed by atoms with Gasteiger partial charge in [0.15, 0.2) is 0 Å². The lowest BCUT2D eigenvalue weighted by Crippen LogP contribution is -2.36. The normalized spacial score (nSPS) is 27.0. The first-order valence-corrected chi connectivity index (χ1v) is 5.98. The van der Waals surface area contributed by atoms with Crippen LogP contribution in [0.5, 0.6) is 0 Å². The minimum Gasteiger partial charge on any atom is -0.385 e. The van der Waals surface area contributed by atoms with E-state index in [2.05, 4.69) is 24.8 Å². The van der Waals surface area contributed by atoms with Gasteiger partial charge in [-0.25, -0.2) is 0 Å². The summed E-state index contributed by atoms with van der Waals surface area (Å²) in [7, 11) is 0. The van der Waals surface area contributed by atoms with Crippen molar-refractivity contribution in [2.45, 2.75) is 18.4 Å². The van der Waals surface area contributed by atoms with Gasteiger partial charge in [0.1, 0.15) is 0 Å². The van der Waals surface area contributed by atoms with Gasteiger partial charge in [-0.2, -0.15) is 0 Å². The van der Waals surface area contributed by atoms with Gasteiger partial charge in [0.25, 0.3) is 0 Å². The van der Waals surface area contributed by atoms with Crippen LogP contribution in [-0.2, 0) is 6.42 Å². The molecular formula is C16H18O. The monoisotopic (exact) mass is 226 g/mol. The third-order valence-electron chi connectivity index (χ3n) is 3.25. The molecule has 2 unspecified atom stereocenters. The van der Waals surface area contributed by atoms with Crippen molar-refractivity contribution in [2.24, 2.45) is 5.92 Å². The Hall–Kier alpha value is -1.60. The number of allylic oxidation sites excluding steroid dienone is 2. The third-order valence-corrected chi connectivity index (χ3v) is 3.25. The summed E-state index contributed by atoms with van der Waals surface area (Å²) in [6, 6.07) is 10.3. The van der Waals surface area contributed by atoms with Crippen LogP contribution in [0.4, 0.5) is 0 Å². The molecule has 0 aromatic heterocycles. The number of rotatable bonds is 4. The zero-order valence-corrected chi connectivity index (χ0v) is 9.92. The molecule has 0 saturated carbocycles. The van der Waals surface area contributed by atoms with E-state index in [9.17, 15) is 5.11 Å². The fourth-order valence-corrected chi connectivity index (χ4v) is 2.27. The summed E-state index contributed by atoms with van der Waals surface area (Å²) >= 11 is 0. The van der Waals surface area contributed by atoms with E-state index in [1.165, 1.54) is 5.56 Å². The van der Waals surface area contributed by atoms with E-state index in [1.807, 2.05) is 36.4 Å². The van der Waals surface area contributed by atoms with E-state index in [4.69, 9.17) is 0 Å². The molecule has 1 heteroatoms. The molecule has 2 atom stereocenters. The lowest BCUT2D eigenvalue weighted by molar-refractivity contribution is 0.0493. The van der Waals surface area contributed by atoms with Gasteiger partial charge >= 0.3 is 0 Å². The van der Waals surface area contributed by atoms with Crippen LogP contribution in [0.1, 0.15) is 12.0 Å². The van der Waals surface area contributed by atoms with Crippen molar-refractivity contribution in [3.8, 4) is 0 Å².